The predicted octanol–water partition coefficient (Wildman–Crippen LogP) is 4.65. The van der Waals surface area contributed by atoms with Crippen LogP contribution in [0.3, 0.4) is 0 Å². The number of thiazole rings is 1. The zero-order chi connectivity index (χ0) is 17.3. The van der Waals surface area contributed by atoms with Crippen molar-refractivity contribution in [3.63, 3.8) is 0 Å². The molecule has 2 aliphatic rings. The van der Waals surface area contributed by atoms with Crippen LogP contribution in [0.25, 0.3) is 11.3 Å². The molecular formula is C22H24ClN3S. The van der Waals surface area contributed by atoms with Gasteiger partial charge in [-0.1, -0.05) is 42.5 Å². The van der Waals surface area contributed by atoms with Gasteiger partial charge in [0.05, 0.1) is 12.2 Å². The third-order valence-corrected chi connectivity index (χ3v) is 6.59. The van der Waals surface area contributed by atoms with E-state index in [1.165, 1.54) is 32.4 Å². The lowest BCUT2D eigenvalue weighted by atomic mass is 9.94. The fourth-order valence-corrected chi connectivity index (χ4v) is 5.18. The molecule has 3 aromatic rings. The quantitative estimate of drug-likeness (QED) is 0.641. The molecule has 3 nitrogen and oxygen atoms in total. The molecule has 5 rings (SSSR count). The Kier molecular flexibility index (Phi) is 5.48. The normalized spacial score (nSPS) is 16.4. The summed E-state index contributed by atoms with van der Waals surface area (Å²) in [6.45, 7) is 5.39. The number of piperazine rings is 1. The summed E-state index contributed by atoms with van der Waals surface area (Å²) in [6.07, 6.45) is 2.30. The van der Waals surface area contributed by atoms with Crippen LogP contribution in [0.1, 0.15) is 15.4 Å². The van der Waals surface area contributed by atoms with Crippen molar-refractivity contribution in [3.05, 3.63) is 70.0 Å². The molecule has 0 saturated carbocycles. The lowest BCUT2D eigenvalue weighted by molar-refractivity contribution is 0.249. The first-order chi connectivity index (χ1) is 12.9. The third-order valence-electron chi connectivity index (χ3n) is 5.49. The highest BCUT2D eigenvalue weighted by molar-refractivity contribution is 7.12. The van der Waals surface area contributed by atoms with E-state index >= 15 is 0 Å². The Morgan fingerprint density at radius 1 is 0.852 bits per heavy atom. The van der Waals surface area contributed by atoms with Gasteiger partial charge in [0.15, 0.2) is 0 Å². The molecule has 1 aliphatic heterocycles. The van der Waals surface area contributed by atoms with Crippen molar-refractivity contribution >= 4 is 29.4 Å². The number of hydrogen-bond acceptors (Lipinski definition) is 4. The molecule has 0 radical (unpaired) electrons. The van der Waals surface area contributed by atoms with Gasteiger partial charge < -0.3 is 4.90 Å². The molecule has 1 saturated heterocycles. The van der Waals surface area contributed by atoms with Gasteiger partial charge in [0.25, 0.3) is 0 Å². The van der Waals surface area contributed by atoms with Crippen molar-refractivity contribution < 1.29 is 0 Å². The zero-order valence-electron chi connectivity index (χ0n) is 15.3. The van der Waals surface area contributed by atoms with Crippen LogP contribution in [0.5, 0.6) is 0 Å². The molecule has 0 unspecified atom stereocenters. The Morgan fingerprint density at radius 3 is 2.41 bits per heavy atom. The number of aromatic nitrogens is 1. The topological polar surface area (TPSA) is 19.4 Å². The van der Waals surface area contributed by atoms with Crippen LogP contribution in [-0.2, 0) is 19.4 Å². The number of anilines is 1. The van der Waals surface area contributed by atoms with E-state index in [1.807, 2.05) is 11.3 Å². The standard InChI is InChI=1S/C22H23N3S.ClH/c1-2-7-18(8-3-1)25-14-12-24(13-15-25)16-21-23-22-19-9-5-4-6-17(19)10-11-20(22)26-21;/h1-9H,10-16H2;1H. The molecular weight excluding hydrogens is 374 g/mol. The van der Waals surface area contributed by atoms with Crippen molar-refractivity contribution in [1.29, 1.82) is 0 Å². The highest BCUT2D eigenvalue weighted by Gasteiger charge is 2.23. The first-order valence-corrected chi connectivity index (χ1v) is 10.3. The maximum absolute atomic E-state index is 5.03. The van der Waals surface area contributed by atoms with Gasteiger partial charge in [-0.2, -0.15) is 0 Å². The van der Waals surface area contributed by atoms with Crippen LogP contribution in [0.4, 0.5) is 5.69 Å². The Morgan fingerprint density at radius 2 is 1.59 bits per heavy atom. The summed E-state index contributed by atoms with van der Waals surface area (Å²) in [5.41, 5.74) is 5.39. The minimum absolute atomic E-state index is 0. The van der Waals surface area contributed by atoms with Crippen LogP contribution >= 0.6 is 23.7 Å². The molecule has 2 aromatic carbocycles. The first kappa shape index (κ1) is 18.5. The Labute approximate surface area is 171 Å². The van der Waals surface area contributed by atoms with Crippen molar-refractivity contribution in [2.24, 2.45) is 0 Å². The van der Waals surface area contributed by atoms with Crippen molar-refractivity contribution in [1.82, 2.24) is 9.88 Å². The molecule has 0 N–H and O–H groups in total. The molecule has 1 aromatic heterocycles. The smallest absolute Gasteiger partial charge is 0.108 e. The molecule has 0 amide bonds. The van der Waals surface area contributed by atoms with Gasteiger partial charge in [0, 0.05) is 42.3 Å². The van der Waals surface area contributed by atoms with E-state index in [2.05, 4.69) is 64.4 Å². The molecule has 2 heterocycles. The van der Waals surface area contributed by atoms with Gasteiger partial charge >= 0.3 is 0 Å². The minimum atomic E-state index is 0. The lowest BCUT2D eigenvalue weighted by Gasteiger charge is -2.35. The molecule has 0 spiro atoms. The van der Waals surface area contributed by atoms with E-state index in [0.717, 1.165) is 45.6 Å². The second-order valence-corrected chi connectivity index (χ2v) is 8.30. The van der Waals surface area contributed by atoms with Crippen LogP contribution in [0.2, 0.25) is 0 Å². The summed E-state index contributed by atoms with van der Waals surface area (Å²) in [5.74, 6) is 0. The van der Waals surface area contributed by atoms with Crippen molar-refractivity contribution in [2.45, 2.75) is 19.4 Å². The number of benzene rings is 2. The number of nitrogens with zero attached hydrogens (tertiary/aromatic N) is 3. The van der Waals surface area contributed by atoms with E-state index < -0.39 is 0 Å². The van der Waals surface area contributed by atoms with Gasteiger partial charge in [-0.3, -0.25) is 4.90 Å². The molecule has 0 bridgehead atoms. The van der Waals surface area contributed by atoms with Crippen LogP contribution < -0.4 is 4.90 Å². The Hall–Kier alpha value is -1.88. The summed E-state index contributed by atoms with van der Waals surface area (Å²) in [6, 6.07) is 19.5. The second kappa shape index (κ2) is 8.01. The highest BCUT2D eigenvalue weighted by Crippen LogP contribution is 2.36. The number of hydrogen-bond donors (Lipinski definition) is 0. The van der Waals surface area contributed by atoms with Gasteiger partial charge in [-0.05, 0) is 30.5 Å². The fraction of sp³-hybridized carbons (Fsp3) is 0.318. The molecule has 1 aliphatic carbocycles. The highest BCUT2D eigenvalue weighted by atomic mass is 35.5. The van der Waals surface area contributed by atoms with Gasteiger partial charge in [0.1, 0.15) is 5.01 Å². The van der Waals surface area contributed by atoms with E-state index in [0.29, 0.717) is 0 Å². The fourth-order valence-electron chi connectivity index (χ4n) is 4.06. The summed E-state index contributed by atoms with van der Waals surface area (Å²) in [5, 5.41) is 1.28. The number of rotatable bonds is 3. The molecule has 0 atom stereocenters. The summed E-state index contributed by atoms with van der Waals surface area (Å²) in [4.78, 5) is 11.5. The molecule has 5 heteroatoms. The maximum atomic E-state index is 5.03. The van der Waals surface area contributed by atoms with Gasteiger partial charge in [-0.15, -0.1) is 23.7 Å². The molecule has 1 fully saturated rings. The monoisotopic (exact) mass is 397 g/mol. The van der Waals surface area contributed by atoms with E-state index in [4.69, 9.17) is 4.98 Å². The Bertz CT molecular complexity index is 901. The van der Waals surface area contributed by atoms with E-state index in [9.17, 15) is 0 Å². The third kappa shape index (κ3) is 3.75. The number of halogens is 1. The van der Waals surface area contributed by atoms with Gasteiger partial charge in [0.2, 0.25) is 0 Å². The van der Waals surface area contributed by atoms with Crippen LogP contribution in [0, 0.1) is 0 Å². The van der Waals surface area contributed by atoms with Crippen LogP contribution in [0.15, 0.2) is 54.6 Å². The van der Waals surface area contributed by atoms with E-state index in [-0.39, 0.29) is 12.4 Å². The zero-order valence-corrected chi connectivity index (χ0v) is 16.9. The van der Waals surface area contributed by atoms with Crippen LogP contribution in [-0.4, -0.2) is 36.1 Å². The summed E-state index contributed by atoms with van der Waals surface area (Å²) >= 11 is 1.92. The predicted molar refractivity (Wildman–Crippen MR) is 116 cm³/mol. The van der Waals surface area contributed by atoms with Crippen molar-refractivity contribution in [2.75, 3.05) is 31.1 Å². The van der Waals surface area contributed by atoms with Crippen molar-refractivity contribution in [3.8, 4) is 11.3 Å². The first-order valence-electron chi connectivity index (χ1n) is 9.46. The lowest BCUT2D eigenvalue weighted by Crippen LogP contribution is -2.45. The SMILES string of the molecule is Cl.c1ccc(N2CCN(Cc3nc4c(s3)CCc3ccccc3-4)CC2)cc1. The largest absolute Gasteiger partial charge is 0.369 e. The second-order valence-electron chi connectivity index (χ2n) is 7.14. The molecule has 27 heavy (non-hydrogen) atoms. The summed E-state index contributed by atoms with van der Waals surface area (Å²) in [7, 11) is 0. The number of fused-ring (bicyclic) bond motifs is 3. The average molecular weight is 398 g/mol. The van der Waals surface area contributed by atoms with E-state index in [1.54, 1.807) is 0 Å². The number of aryl methyl sites for hydroxylation is 2. The maximum Gasteiger partial charge on any atom is 0.108 e. The molecule has 140 valence electrons. The minimum Gasteiger partial charge on any atom is -0.369 e. The average Bonchev–Trinajstić information content (AvgIpc) is 3.12. The Balaban J connectivity index is 0.00000180. The van der Waals surface area contributed by atoms with Gasteiger partial charge in [-0.25, -0.2) is 4.98 Å². The summed E-state index contributed by atoms with van der Waals surface area (Å²) < 4.78 is 0. The number of para-hydroxylation sites is 1.